The second kappa shape index (κ2) is 29.6. The Morgan fingerprint density at radius 1 is 0.608 bits per heavy atom. The quantitative estimate of drug-likeness (QED) is 0.0136. The van der Waals surface area contributed by atoms with Gasteiger partial charge in [-0.3, -0.25) is 43.5 Å². The number of nitrogen functional groups attached to an aromatic ring is 3. The number of carboxylic acids is 3. The zero-order chi connectivity index (χ0) is 72.7. The van der Waals surface area contributed by atoms with Crippen LogP contribution in [0.25, 0.3) is 5.65 Å². The predicted octanol–water partition coefficient (Wildman–Crippen LogP) is -3.66. The summed E-state index contributed by atoms with van der Waals surface area (Å²) in [5.74, 6) is -6.44. The lowest BCUT2D eigenvalue weighted by Gasteiger charge is -2.55. The number of nitrogens with two attached hydrogens (primary N) is 3. The van der Waals surface area contributed by atoms with Crippen LogP contribution in [0.1, 0.15) is 56.1 Å². The number of rotatable bonds is 21. The number of anilines is 3. The van der Waals surface area contributed by atoms with Crippen LogP contribution in [-0.4, -0.2) is 244 Å². The number of likely N-dealkylation sites (tertiary alicyclic amines) is 1. The van der Waals surface area contributed by atoms with E-state index in [4.69, 9.17) is 31.7 Å². The Labute approximate surface area is 606 Å². The Morgan fingerprint density at radius 2 is 0.990 bits per heavy atom. The van der Waals surface area contributed by atoms with E-state index in [-0.39, 0.29) is 73.2 Å². The number of nitrogens with zero attached hydrogens (tertiary/aromatic N) is 14. The van der Waals surface area contributed by atoms with Crippen LogP contribution in [0.4, 0.5) is 15.4 Å². The zero-order valence-electron chi connectivity index (χ0n) is 55.5. The SMILES string of the molecule is CO/N=C(\C(=O)N[C@@H]1C(=O)N2C(C(=O)[O-])=C(C[N+]3(C)CCCC3)CS[C@H]12)c1csc(N)n1.CO/N=C(\C(=O)N[C@@H]1C(=O)N2C(C(=O)[O-])=C(C[N+]34CCC(C)(CC3)CC4)CS[C@H]12)c1csc(N)n1.CO/N=C(\C(=O)N[C@@H]1C(=O)N2C(C(=O)[O-])=C(C[n+]3ccn4ncccc43)CS[C@H]12)c1csc(N)n1. The van der Waals surface area contributed by atoms with Gasteiger partial charge < -0.3 is 86.3 Å². The van der Waals surface area contributed by atoms with Crippen molar-refractivity contribution in [1.82, 2.24) is 55.2 Å². The van der Waals surface area contributed by atoms with E-state index in [1.165, 1.54) is 66.4 Å². The Hall–Kier alpha value is -9.26. The molecule has 5 aromatic rings. The second-order valence-electron chi connectivity index (χ2n) is 25.8. The molecule has 6 amide bonds. The molecule has 102 heavy (non-hydrogen) atoms. The Kier molecular flexibility index (Phi) is 21.0. The van der Waals surface area contributed by atoms with Crippen molar-refractivity contribution in [2.24, 2.45) is 20.9 Å². The number of aromatic nitrogens is 6. The van der Waals surface area contributed by atoms with E-state index in [1.54, 1.807) is 45.3 Å². The van der Waals surface area contributed by atoms with E-state index in [0.717, 1.165) is 124 Å². The molecule has 5 aromatic heterocycles. The van der Waals surface area contributed by atoms with Crippen molar-refractivity contribution in [1.29, 1.82) is 0 Å². The summed E-state index contributed by atoms with van der Waals surface area (Å²) in [6.45, 7) is 8.82. The number of aliphatic carboxylic acids is 3. The molecule has 0 aromatic carbocycles. The predicted molar refractivity (Wildman–Crippen MR) is 368 cm³/mol. The first-order chi connectivity index (χ1) is 48.8. The molecule has 15 rings (SSSR count). The largest absolute Gasteiger partial charge is 0.543 e. The Bertz CT molecular complexity index is 4420. The normalized spacial score (nSPS) is 25.7. The van der Waals surface area contributed by atoms with E-state index in [9.17, 15) is 58.5 Å². The summed E-state index contributed by atoms with van der Waals surface area (Å²) in [5.41, 5.74) is 20.1. The highest BCUT2D eigenvalue weighted by Crippen LogP contribution is 2.47. The number of likely N-dealkylation sites (N-methyl/N-ethyl adjacent to an activating group) is 1. The summed E-state index contributed by atoms with van der Waals surface area (Å²) < 4.78 is 5.13. The molecule has 0 aliphatic carbocycles. The maximum atomic E-state index is 13.1. The summed E-state index contributed by atoms with van der Waals surface area (Å²) >= 11 is 7.65. The van der Waals surface area contributed by atoms with Crippen molar-refractivity contribution in [3.63, 3.8) is 0 Å². The van der Waals surface area contributed by atoms with Crippen LogP contribution in [0, 0.1) is 5.41 Å². The van der Waals surface area contributed by atoms with Gasteiger partial charge in [0.2, 0.25) is 0 Å². The minimum Gasteiger partial charge on any atom is -0.543 e. The van der Waals surface area contributed by atoms with Gasteiger partial charge in [-0.25, -0.2) is 19.5 Å². The Balaban J connectivity index is 0.000000145. The number of β-lactam (4-membered cyclic amide) rings is 3. The minimum atomic E-state index is -1.45. The highest BCUT2D eigenvalue weighted by atomic mass is 32.2. The van der Waals surface area contributed by atoms with Crippen LogP contribution >= 0.6 is 69.3 Å². The third kappa shape index (κ3) is 14.3. The Morgan fingerprint density at radius 3 is 1.36 bits per heavy atom. The number of carbonyl (C=O) groups is 9. The van der Waals surface area contributed by atoms with E-state index >= 15 is 0 Å². The summed E-state index contributed by atoms with van der Waals surface area (Å²) in [6.07, 6.45) is 10.8. The number of oxime groups is 3. The number of amides is 6. The number of thioether (sulfide) groups is 3. The number of imidazole rings is 1. The molecule has 15 heterocycles. The summed E-state index contributed by atoms with van der Waals surface area (Å²) in [4.78, 5) is 144. The number of piperidine rings is 3. The van der Waals surface area contributed by atoms with Gasteiger partial charge in [0.25, 0.3) is 35.4 Å². The smallest absolute Gasteiger partial charge is 0.307 e. The molecule has 0 unspecified atom stereocenters. The molecule has 10 aliphatic heterocycles. The monoisotopic (exact) mass is 1510 g/mol. The fourth-order valence-electron chi connectivity index (χ4n) is 14.0. The number of thiazole rings is 3. The molecule has 9 N–H and O–H groups in total. The molecule has 2 bridgehead atoms. The van der Waals surface area contributed by atoms with Gasteiger partial charge in [0.05, 0.1) is 81.0 Å². The lowest BCUT2D eigenvalue weighted by atomic mass is 9.72. The number of hydrogen-bond donors (Lipinski definition) is 6. The molecule has 0 saturated carbocycles. The molecular formula is C61H70N20O15S6. The van der Waals surface area contributed by atoms with Crippen LogP contribution in [-0.2, 0) is 64.2 Å². The number of fused-ring (bicyclic) bond motifs is 7. The standard InChI is InChI=1S/C22H28N6O5S2.C20H18N8O5S2.C19H24N6O5S2/c1-22-3-6-28(7-4-22,8-5-22)9-12-10-34-19-15(18(30)27(19)16(12)20(31)32)25-17(29)14(26-33-2)13-11-35-21(23)24-13;1-33-25-13(11-9-35-20(21)23-11)16(29)24-14-17(30)28-15(19(31)32)10(8-34-18(14)28)7-26-5-6-27-12(26)3-2-4-22-27;1-25(5-3-4-6-25)7-10-8-31-17-13(16(27)24(17)14(10)18(28)29)22-15(26)12(23-30-2)11-9-32-19(20)21-11/h11,15,19H,3-10H2,1-2H3,(H3-,23,24,25,29,31,32);2-6,9,14,18H,7-8H2,1H3,(H3-,21,23,24,29,31,32);9,13,17H,3-8H2,1-2H3,(H3-,20,21,22,26,28,29)/b26-14-;25-13-;23-12-/t15-,19-,22?,28?;14-,18-;13-,17-/m111/s1. The van der Waals surface area contributed by atoms with Crippen molar-refractivity contribution in [2.45, 2.75) is 79.8 Å². The van der Waals surface area contributed by atoms with Gasteiger partial charge in [-0.1, -0.05) is 27.5 Å². The summed E-state index contributed by atoms with van der Waals surface area (Å²) in [5, 5.41) is 63.2. The number of nitrogens with one attached hydrogen (secondary N) is 3. The average Bonchev–Trinajstić information content (AvgIpc) is 1.03. The fourth-order valence-corrected chi connectivity index (χ4v) is 19.6. The molecule has 0 spiro atoms. The van der Waals surface area contributed by atoms with Crippen LogP contribution in [0.15, 0.2) is 96.1 Å². The van der Waals surface area contributed by atoms with Crippen molar-refractivity contribution in [3.05, 3.63) is 97.8 Å². The van der Waals surface area contributed by atoms with Crippen molar-refractivity contribution in [2.75, 3.05) is 109 Å². The molecule has 7 fully saturated rings. The van der Waals surface area contributed by atoms with Crippen LogP contribution in [0.5, 0.6) is 0 Å². The first-order valence-electron chi connectivity index (χ1n) is 31.8. The fraction of sp³-hybridized carbons (Fsp3) is 0.459. The van der Waals surface area contributed by atoms with Gasteiger partial charge in [-0.2, -0.15) is 0 Å². The van der Waals surface area contributed by atoms with Crippen molar-refractivity contribution in [3.8, 4) is 0 Å². The molecule has 540 valence electrons. The maximum Gasteiger partial charge on any atom is 0.307 e. The van der Waals surface area contributed by atoms with Crippen LogP contribution in [0.3, 0.4) is 0 Å². The zero-order valence-corrected chi connectivity index (χ0v) is 60.4. The van der Waals surface area contributed by atoms with Gasteiger partial charge >= 0.3 is 5.65 Å². The number of carboxylic acid groups (broad SMARTS) is 3. The molecule has 10 aliphatic rings. The van der Waals surface area contributed by atoms with Crippen LogP contribution in [0.2, 0.25) is 0 Å². The highest BCUT2D eigenvalue weighted by Gasteiger charge is 2.57. The first kappa shape index (κ1) is 72.5. The van der Waals surface area contributed by atoms with E-state index in [2.05, 4.69) is 65.4 Å². The molecular weight excluding hydrogens is 1450 g/mol. The summed E-state index contributed by atoms with van der Waals surface area (Å²) in [7, 11) is 5.97. The maximum absolute atomic E-state index is 13.1. The molecule has 41 heteroatoms. The topological polar surface area (TPSA) is 471 Å². The van der Waals surface area contributed by atoms with Gasteiger partial charge in [0.15, 0.2) is 38.7 Å². The third-order valence-electron chi connectivity index (χ3n) is 19.2. The van der Waals surface area contributed by atoms with E-state index in [0.29, 0.717) is 46.9 Å². The number of carbonyl (C=O) groups excluding carboxylic acids is 9. The van der Waals surface area contributed by atoms with E-state index in [1.807, 2.05) is 10.6 Å². The highest BCUT2D eigenvalue weighted by molar-refractivity contribution is 8.00. The van der Waals surface area contributed by atoms with Gasteiger partial charge in [0.1, 0.15) is 98.5 Å². The minimum absolute atomic E-state index is 0.0336. The van der Waals surface area contributed by atoms with Crippen molar-refractivity contribution >= 4 is 161 Å². The van der Waals surface area contributed by atoms with E-state index < -0.39 is 87.6 Å². The lowest BCUT2D eigenvalue weighted by Crippen LogP contribution is -2.72. The molecule has 7 saturated heterocycles. The lowest BCUT2D eigenvalue weighted by molar-refractivity contribution is -0.941. The van der Waals surface area contributed by atoms with Gasteiger partial charge in [-0.05, 0) is 11.5 Å². The third-order valence-corrected chi connectivity index (χ3v) is 25.2. The van der Waals surface area contributed by atoms with Crippen LogP contribution < -0.4 is 53.0 Å². The average molecular weight is 1520 g/mol. The van der Waals surface area contributed by atoms with Crippen molar-refractivity contribution < 1.29 is 86.5 Å². The van der Waals surface area contributed by atoms with Gasteiger partial charge in [0, 0.05) is 88.3 Å². The first-order valence-corrected chi connectivity index (χ1v) is 37.6. The number of quaternary nitrogens is 2. The molecule has 0 radical (unpaired) electrons. The summed E-state index contributed by atoms with van der Waals surface area (Å²) in [6, 6.07) is 0.894. The number of hydrogen-bond acceptors (Lipinski definition) is 31. The molecule has 6 atom stereocenters. The van der Waals surface area contributed by atoms with Gasteiger partial charge in [-0.15, -0.1) is 73.8 Å². The molecule has 35 nitrogen and oxygen atoms in total. The second-order valence-corrected chi connectivity index (χ2v) is 31.8.